The van der Waals surface area contributed by atoms with Gasteiger partial charge in [-0.3, -0.25) is 20.4 Å². The number of nitrogens with zero attached hydrogens (tertiary/aromatic N) is 1. The highest BCUT2D eigenvalue weighted by atomic mass is 32.2. The van der Waals surface area contributed by atoms with Gasteiger partial charge in [0.1, 0.15) is 5.76 Å². The first-order valence-corrected chi connectivity index (χ1v) is 8.78. The molecule has 1 aromatic carbocycles. The molecule has 1 heterocycles. The Balaban J connectivity index is 1.80. The van der Waals surface area contributed by atoms with Crippen LogP contribution in [0.15, 0.2) is 34.9 Å². The number of rotatable bonds is 7. The lowest BCUT2D eigenvalue weighted by molar-refractivity contribution is -0.137. The molecule has 0 aliphatic rings. The van der Waals surface area contributed by atoms with Gasteiger partial charge < -0.3 is 9.84 Å². The van der Waals surface area contributed by atoms with Gasteiger partial charge >= 0.3 is 6.18 Å². The molecule has 2 amide bonds. The van der Waals surface area contributed by atoms with E-state index in [-0.39, 0.29) is 23.2 Å². The number of nitrogens with one attached hydrogen (secondary N) is 3. The normalized spacial score (nSPS) is 12.3. The minimum atomic E-state index is -4.55. The number of aromatic nitrogens is 1. The largest absolute Gasteiger partial charge is 0.418 e. The van der Waals surface area contributed by atoms with Crippen molar-refractivity contribution in [1.29, 1.82) is 0 Å². The van der Waals surface area contributed by atoms with Crippen molar-refractivity contribution in [2.24, 2.45) is 0 Å². The average Bonchev–Trinajstić information content (AvgIpc) is 3.02. The van der Waals surface area contributed by atoms with Crippen LogP contribution in [0, 0.1) is 6.92 Å². The second-order valence-electron chi connectivity index (χ2n) is 5.48. The number of aryl methyl sites for hydroxylation is 1. The standard InChI is InChI=1S/C16H17F3N4O3S/c1-9-7-13(23-26-9)20-15(25)10(2)27-8-14(24)22-21-12-6-4-3-5-11(12)16(17,18)19/h3-7,10,21H,8H2,1-2H3,(H,22,24)(H,20,23,25). The Labute approximate surface area is 157 Å². The summed E-state index contributed by atoms with van der Waals surface area (Å²) >= 11 is 1.02. The number of benzene rings is 1. The lowest BCUT2D eigenvalue weighted by atomic mass is 10.2. The zero-order valence-corrected chi connectivity index (χ0v) is 15.2. The molecule has 1 unspecified atom stereocenters. The first kappa shape index (κ1) is 20.6. The number of hydrogen-bond acceptors (Lipinski definition) is 6. The van der Waals surface area contributed by atoms with Crippen molar-refractivity contribution in [3.63, 3.8) is 0 Å². The summed E-state index contributed by atoms with van der Waals surface area (Å²) in [5.74, 6) is -0.284. The van der Waals surface area contributed by atoms with Gasteiger partial charge in [-0.1, -0.05) is 17.3 Å². The van der Waals surface area contributed by atoms with Gasteiger partial charge in [0.15, 0.2) is 5.82 Å². The van der Waals surface area contributed by atoms with E-state index in [4.69, 9.17) is 4.52 Å². The highest BCUT2D eigenvalue weighted by Crippen LogP contribution is 2.34. The molecule has 0 bridgehead atoms. The Morgan fingerprint density at radius 2 is 2.00 bits per heavy atom. The Kier molecular flexibility index (Phi) is 6.72. The van der Waals surface area contributed by atoms with Crippen LogP contribution in [0.4, 0.5) is 24.7 Å². The molecule has 0 aliphatic heterocycles. The molecule has 0 radical (unpaired) electrons. The van der Waals surface area contributed by atoms with E-state index in [1.807, 2.05) is 0 Å². The molecule has 27 heavy (non-hydrogen) atoms. The summed E-state index contributed by atoms with van der Waals surface area (Å²) in [5.41, 5.74) is 3.29. The van der Waals surface area contributed by atoms with E-state index in [2.05, 4.69) is 21.3 Å². The molecule has 0 saturated heterocycles. The Morgan fingerprint density at radius 3 is 2.63 bits per heavy atom. The third kappa shape index (κ3) is 6.20. The molecule has 0 saturated carbocycles. The average molecular weight is 402 g/mol. The Morgan fingerprint density at radius 1 is 1.30 bits per heavy atom. The van der Waals surface area contributed by atoms with Gasteiger partial charge in [0.25, 0.3) is 0 Å². The molecule has 146 valence electrons. The summed E-state index contributed by atoms with van der Waals surface area (Å²) in [6, 6.07) is 6.32. The zero-order chi connectivity index (χ0) is 20.0. The molecule has 3 N–H and O–H groups in total. The third-order valence-electron chi connectivity index (χ3n) is 3.28. The lowest BCUT2D eigenvalue weighted by Gasteiger charge is -2.15. The number of carbonyl (C=O) groups excluding carboxylic acids is 2. The van der Waals surface area contributed by atoms with Gasteiger partial charge in [-0.05, 0) is 26.0 Å². The number of anilines is 2. The predicted molar refractivity (Wildman–Crippen MR) is 95.0 cm³/mol. The van der Waals surface area contributed by atoms with E-state index in [0.29, 0.717) is 5.76 Å². The minimum absolute atomic E-state index is 0.131. The second-order valence-corrected chi connectivity index (χ2v) is 6.81. The van der Waals surface area contributed by atoms with Gasteiger partial charge in [-0.25, -0.2) is 0 Å². The Bertz CT molecular complexity index is 810. The maximum Gasteiger partial charge on any atom is 0.418 e. The van der Waals surface area contributed by atoms with Crippen LogP contribution in [-0.4, -0.2) is 28.0 Å². The van der Waals surface area contributed by atoms with E-state index >= 15 is 0 Å². The summed E-state index contributed by atoms with van der Waals surface area (Å²) in [4.78, 5) is 23.8. The summed E-state index contributed by atoms with van der Waals surface area (Å²) in [6.07, 6.45) is -4.55. The van der Waals surface area contributed by atoms with Crippen molar-refractivity contribution in [2.45, 2.75) is 25.3 Å². The van der Waals surface area contributed by atoms with Crippen LogP contribution in [0.3, 0.4) is 0 Å². The van der Waals surface area contributed by atoms with Crippen molar-refractivity contribution < 1.29 is 27.3 Å². The fourth-order valence-corrected chi connectivity index (χ4v) is 2.63. The molecular weight excluding hydrogens is 385 g/mol. The van der Waals surface area contributed by atoms with Crippen LogP contribution in [0.25, 0.3) is 0 Å². The smallest absolute Gasteiger partial charge is 0.360 e. The van der Waals surface area contributed by atoms with Crippen LogP contribution in [0.2, 0.25) is 0 Å². The molecule has 1 atom stereocenters. The molecule has 7 nitrogen and oxygen atoms in total. The first-order valence-electron chi connectivity index (χ1n) is 7.73. The van der Waals surface area contributed by atoms with Gasteiger partial charge in [0.2, 0.25) is 11.8 Å². The number of halogens is 3. The van der Waals surface area contributed by atoms with Crippen molar-refractivity contribution >= 4 is 35.1 Å². The number of para-hydroxylation sites is 1. The first-order chi connectivity index (χ1) is 12.7. The van der Waals surface area contributed by atoms with Gasteiger partial charge in [-0.15, -0.1) is 11.8 Å². The zero-order valence-electron chi connectivity index (χ0n) is 14.4. The second kappa shape index (κ2) is 8.80. The Hall–Kier alpha value is -2.69. The van der Waals surface area contributed by atoms with Crippen LogP contribution < -0.4 is 16.2 Å². The van der Waals surface area contributed by atoms with Crippen LogP contribution in [0.1, 0.15) is 18.2 Å². The molecule has 0 spiro atoms. The van der Waals surface area contributed by atoms with Crippen molar-refractivity contribution in [2.75, 3.05) is 16.5 Å². The summed E-state index contributed by atoms with van der Waals surface area (Å²) in [5, 5.41) is 5.57. The molecular formula is C16H17F3N4O3S. The third-order valence-corrected chi connectivity index (χ3v) is 4.42. The van der Waals surface area contributed by atoms with Gasteiger partial charge in [-0.2, -0.15) is 13.2 Å². The van der Waals surface area contributed by atoms with Gasteiger partial charge in [0, 0.05) is 6.07 Å². The molecule has 2 rings (SSSR count). The summed E-state index contributed by atoms with van der Waals surface area (Å²) in [7, 11) is 0. The topological polar surface area (TPSA) is 96.3 Å². The predicted octanol–water partition coefficient (Wildman–Crippen LogP) is 3.21. The highest BCUT2D eigenvalue weighted by molar-refractivity contribution is 8.01. The lowest BCUT2D eigenvalue weighted by Crippen LogP contribution is -2.33. The SMILES string of the molecule is Cc1cc(NC(=O)C(C)SCC(=O)NNc2ccccc2C(F)(F)F)no1. The van der Waals surface area contributed by atoms with Crippen LogP contribution in [-0.2, 0) is 15.8 Å². The number of amides is 2. The van der Waals surface area contributed by atoms with Crippen LogP contribution in [0.5, 0.6) is 0 Å². The molecule has 11 heteroatoms. The van der Waals surface area contributed by atoms with Crippen molar-refractivity contribution in [1.82, 2.24) is 10.6 Å². The quantitative estimate of drug-likeness (QED) is 0.616. The number of thioether (sulfide) groups is 1. The molecule has 0 fully saturated rings. The van der Waals surface area contributed by atoms with Crippen LogP contribution >= 0.6 is 11.8 Å². The summed E-state index contributed by atoms with van der Waals surface area (Å²) < 4.78 is 43.5. The fourth-order valence-electron chi connectivity index (χ4n) is 1.94. The number of hydrogen-bond donors (Lipinski definition) is 3. The molecule has 1 aromatic heterocycles. The minimum Gasteiger partial charge on any atom is -0.360 e. The maximum absolute atomic E-state index is 12.9. The van der Waals surface area contributed by atoms with E-state index < -0.39 is 22.9 Å². The number of hydrazine groups is 1. The number of carbonyl (C=O) groups is 2. The number of alkyl halides is 3. The van der Waals surface area contributed by atoms with Crippen molar-refractivity contribution in [3.05, 3.63) is 41.7 Å². The maximum atomic E-state index is 12.9. The summed E-state index contributed by atoms with van der Waals surface area (Å²) in [6.45, 7) is 3.27. The van der Waals surface area contributed by atoms with E-state index in [0.717, 1.165) is 17.8 Å². The fraction of sp³-hybridized carbons (Fsp3) is 0.312. The van der Waals surface area contributed by atoms with E-state index in [9.17, 15) is 22.8 Å². The monoisotopic (exact) mass is 402 g/mol. The van der Waals surface area contributed by atoms with E-state index in [1.54, 1.807) is 19.9 Å². The van der Waals surface area contributed by atoms with E-state index in [1.165, 1.54) is 18.2 Å². The van der Waals surface area contributed by atoms with Crippen molar-refractivity contribution in [3.8, 4) is 0 Å². The highest BCUT2D eigenvalue weighted by Gasteiger charge is 2.33. The molecule has 0 aliphatic carbocycles. The molecule has 2 aromatic rings. The van der Waals surface area contributed by atoms with Gasteiger partial charge in [0.05, 0.1) is 22.3 Å².